The van der Waals surface area contributed by atoms with Gasteiger partial charge in [-0.05, 0) is 23.6 Å². The van der Waals surface area contributed by atoms with E-state index in [0.717, 1.165) is 30.8 Å². The summed E-state index contributed by atoms with van der Waals surface area (Å²) in [5.41, 5.74) is 10.1. The normalized spacial score (nSPS) is 14.0. The number of rotatable bonds is 2. The maximum Gasteiger partial charge on any atom is 0.125 e. The number of hydrogen-bond acceptors (Lipinski definition) is 3. The van der Waals surface area contributed by atoms with Crippen LogP contribution in [0.5, 0.6) is 0 Å². The van der Waals surface area contributed by atoms with Crippen molar-refractivity contribution >= 4 is 11.5 Å². The number of anilines is 1. The molecule has 0 unspecified atom stereocenters. The van der Waals surface area contributed by atoms with Gasteiger partial charge in [0.25, 0.3) is 0 Å². The van der Waals surface area contributed by atoms with Crippen LogP contribution in [0.1, 0.15) is 16.7 Å². The van der Waals surface area contributed by atoms with Crippen molar-refractivity contribution in [2.45, 2.75) is 13.0 Å². The Morgan fingerprint density at radius 3 is 2.79 bits per heavy atom. The zero-order chi connectivity index (χ0) is 13.2. The van der Waals surface area contributed by atoms with E-state index in [2.05, 4.69) is 34.1 Å². The number of fused-ring (bicyclic) bond motifs is 1. The molecular weight excluding hydrogens is 236 g/mol. The third-order valence-corrected chi connectivity index (χ3v) is 3.56. The zero-order valence-corrected chi connectivity index (χ0v) is 10.6. The standard InChI is InChI=1S/C15H16N4/c16-15(17)13-5-7-18-9-14(13)19-8-6-11-3-1-2-4-12(11)10-19/h1-5,7,9H,6,8,10H2,(H3,16,17). The Hall–Kier alpha value is -2.36. The molecule has 96 valence electrons. The second kappa shape index (κ2) is 4.72. The quantitative estimate of drug-likeness (QED) is 0.634. The Balaban J connectivity index is 1.95. The highest BCUT2D eigenvalue weighted by atomic mass is 15.1. The first-order valence-electron chi connectivity index (χ1n) is 6.36. The average molecular weight is 252 g/mol. The van der Waals surface area contributed by atoms with E-state index in [1.807, 2.05) is 0 Å². The van der Waals surface area contributed by atoms with Gasteiger partial charge in [0.2, 0.25) is 0 Å². The highest BCUT2D eigenvalue weighted by molar-refractivity contribution is 6.00. The Morgan fingerprint density at radius 2 is 2.00 bits per heavy atom. The van der Waals surface area contributed by atoms with Crippen LogP contribution in [-0.2, 0) is 13.0 Å². The first-order valence-corrected chi connectivity index (χ1v) is 6.36. The Morgan fingerprint density at radius 1 is 1.21 bits per heavy atom. The number of pyridine rings is 1. The Kier molecular flexibility index (Phi) is 2.91. The fourth-order valence-corrected chi connectivity index (χ4v) is 2.57. The molecule has 0 fully saturated rings. The monoisotopic (exact) mass is 252 g/mol. The predicted octanol–water partition coefficient (Wildman–Crippen LogP) is 1.93. The van der Waals surface area contributed by atoms with Gasteiger partial charge in [0.05, 0.1) is 11.9 Å². The molecule has 1 aromatic carbocycles. The van der Waals surface area contributed by atoms with Crippen LogP contribution in [0.25, 0.3) is 0 Å². The van der Waals surface area contributed by atoms with Crippen LogP contribution in [0.2, 0.25) is 0 Å². The van der Waals surface area contributed by atoms with Crippen LogP contribution in [-0.4, -0.2) is 17.4 Å². The van der Waals surface area contributed by atoms with Gasteiger partial charge >= 0.3 is 0 Å². The van der Waals surface area contributed by atoms with Crippen LogP contribution in [0.15, 0.2) is 42.7 Å². The molecule has 4 heteroatoms. The van der Waals surface area contributed by atoms with Gasteiger partial charge < -0.3 is 10.6 Å². The molecule has 0 saturated heterocycles. The SMILES string of the molecule is N=C(N)c1ccncc1N1CCc2ccccc2C1. The topological polar surface area (TPSA) is 66.0 Å². The minimum absolute atomic E-state index is 0.0938. The van der Waals surface area contributed by atoms with E-state index in [9.17, 15) is 0 Å². The predicted molar refractivity (Wildman–Crippen MR) is 76.4 cm³/mol. The van der Waals surface area contributed by atoms with Gasteiger partial charge in [0.1, 0.15) is 5.84 Å². The molecule has 0 amide bonds. The second-order valence-corrected chi connectivity index (χ2v) is 4.75. The van der Waals surface area contributed by atoms with Gasteiger partial charge in [-0.15, -0.1) is 0 Å². The molecule has 0 bridgehead atoms. The van der Waals surface area contributed by atoms with Crippen LogP contribution >= 0.6 is 0 Å². The molecule has 0 radical (unpaired) electrons. The first kappa shape index (κ1) is 11.7. The van der Waals surface area contributed by atoms with Crippen LogP contribution in [0, 0.1) is 5.41 Å². The first-order chi connectivity index (χ1) is 9.25. The van der Waals surface area contributed by atoms with Gasteiger partial charge in [-0.25, -0.2) is 0 Å². The lowest BCUT2D eigenvalue weighted by Gasteiger charge is -2.31. The maximum absolute atomic E-state index is 7.66. The van der Waals surface area contributed by atoms with E-state index in [-0.39, 0.29) is 5.84 Å². The Labute approximate surface area is 112 Å². The van der Waals surface area contributed by atoms with Crippen molar-refractivity contribution in [2.24, 2.45) is 5.73 Å². The van der Waals surface area contributed by atoms with Crippen molar-refractivity contribution in [3.05, 3.63) is 59.4 Å². The largest absolute Gasteiger partial charge is 0.384 e. The molecule has 0 saturated carbocycles. The van der Waals surface area contributed by atoms with Gasteiger partial charge in [-0.1, -0.05) is 24.3 Å². The van der Waals surface area contributed by atoms with E-state index in [1.165, 1.54) is 11.1 Å². The van der Waals surface area contributed by atoms with Crippen molar-refractivity contribution in [2.75, 3.05) is 11.4 Å². The second-order valence-electron chi connectivity index (χ2n) is 4.75. The summed E-state index contributed by atoms with van der Waals surface area (Å²) in [5, 5.41) is 7.66. The molecule has 3 rings (SSSR count). The minimum atomic E-state index is 0.0938. The lowest BCUT2D eigenvalue weighted by Crippen LogP contribution is -2.32. The van der Waals surface area contributed by atoms with Crippen LogP contribution in [0.4, 0.5) is 5.69 Å². The van der Waals surface area contributed by atoms with Gasteiger partial charge in [0, 0.05) is 24.8 Å². The number of nitrogens with one attached hydrogen (secondary N) is 1. The lowest BCUT2D eigenvalue weighted by atomic mass is 9.99. The number of amidine groups is 1. The number of nitrogens with zero attached hydrogens (tertiary/aromatic N) is 2. The summed E-state index contributed by atoms with van der Waals surface area (Å²) in [6.07, 6.45) is 4.49. The molecular formula is C15H16N4. The van der Waals surface area contributed by atoms with E-state index >= 15 is 0 Å². The molecule has 4 nitrogen and oxygen atoms in total. The third kappa shape index (κ3) is 2.17. The smallest absolute Gasteiger partial charge is 0.125 e. The third-order valence-electron chi connectivity index (χ3n) is 3.56. The number of aromatic nitrogens is 1. The summed E-state index contributed by atoms with van der Waals surface area (Å²) in [5.74, 6) is 0.0938. The van der Waals surface area contributed by atoms with Gasteiger partial charge in [0.15, 0.2) is 0 Å². The van der Waals surface area contributed by atoms with Crippen molar-refractivity contribution in [1.82, 2.24) is 4.98 Å². The number of nitrogens with two attached hydrogens (primary N) is 1. The number of nitrogen functional groups attached to an aromatic ring is 1. The molecule has 1 aromatic heterocycles. The summed E-state index contributed by atoms with van der Waals surface area (Å²) in [6, 6.07) is 10.3. The molecule has 1 aliphatic rings. The minimum Gasteiger partial charge on any atom is -0.384 e. The summed E-state index contributed by atoms with van der Waals surface area (Å²) in [6.45, 7) is 1.78. The Bertz CT molecular complexity index is 621. The summed E-state index contributed by atoms with van der Waals surface area (Å²) < 4.78 is 0. The van der Waals surface area contributed by atoms with Crippen molar-refractivity contribution in [3.63, 3.8) is 0 Å². The van der Waals surface area contributed by atoms with Gasteiger partial charge in [-0.3, -0.25) is 10.4 Å². The average Bonchev–Trinajstić information content (AvgIpc) is 2.46. The van der Waals surface area contributed by atoms with Crippen molar-refractivity contribution in [1.29, 1.82) is 5.41 Å². The summed E-state index contributed by atoms with van der Waals surface area (Å²) in [7, 11) is 0. The highest BCUT2D eigenvalue weighted by Gasteiger charge is 2.19. The molecule has 0 spiro atoms. The highest BCUT2D eigenvalue weighted by Crippen LogP contribution is 2.26. The maximum atomic E-state index is 7.66. The summed E-state index contributed by atoms with van der Waals surface area (Å²) >= 11 is 0. The zero-order valence-electron chi connectivity index (χ0n) is 10.6. The molecule has 3 N–H and O–H groups in total. The van der Waals surface area contributed by atoms with Crippen molar-refractivity contribution < 1.29 is 0 Å². The van der Waals surface area contributed by atoms with Gasteiger partial charge in [-0.2, -0.15) is 0 Å². The molecule has 0 aliphatic carbocycles. The molecule has 2 heterocycles. The van der Waals surface area contributed by atoms with E-state index in [0.29, 0.717) is 0 Å². The van der Waals surface area contributed by atoms with E-state index in [1.54, 1.807) is 18.5 Å². The van der Waals surface area contributed by atoms with E-state index < -0.39 is 0 Å². The number of benzene rings is 1. The lowest BCUT2D eigenvalue weighted by molar-refractivity contribution is 0.729. The molecule has 1 aliphatic heterocycles. The van der Waals surface area contributed by atoms with Crippen LogP contribution < -0.4 is 10.6 Å². The molecule has 19 heavy (non-hydrogen) atoms. The van der Waals surface area contributed by atoms with Crippen LogP contribution in [0.3, 0.4) is 0 Å². The molecule has 0 atom stereocenters. The fourth-order valence-electron chi connectivity index (χ4n) is 2.57. The number of hydrogen-bond donors (Lipinski definition) is 2. The van der Waals surface area contributed by atoms with E-state index in [4.69, 9.17) is 11.1 Å². The fraction of sp³-hybridized carbons (Fsp3) is 0.200. The van der Waals surface area contributed by atoms with Crippen molar-refractivity contribution in [3.8, 4) is 0 Å². The summed E-state index contributed by atoms with van der Waals surface area (Å²) in [4.78, 5) is 6.41. The molecule has 2 aromatic rings.